The molecule has 0 spiro atoms. The van der Waals surface area contributed by atoms with E-state index in [2.05, 4.69) is 21.3 Å². The van der Waals surface area contributed by atoms with Gasteiger partial charge in [-0.15, -0.1) is 0 Å². The maximum Gasteiger partial charge on any atom is 0.319 e. The van der Waals surface area contributed by atoms with Crippen LogP contribution >= 0.6 is 0 Å². The summed E-state index contributed by atoms with van der Waals surface area (Å²) in [6.07, 6.45) is 2.90. The summed E-state index contributed by atoms with van der Waals surface area (Å²) >= 11 is 0. The summed E-state index contributed by atoms with van der Waals surface area (Å²) in [5, 5.41) is 5.49. The lowest BCUT2D eigenvalue weighted by Gasteiger charge is -2.33. The third-order valence-electron chi connectivity index (χ3n) is 7.17. The lowest BCUT2D eigenvalue weighted by Crippen LogP contribution is -2.45. The number of likely N-dealkylation sites (tertiary alicyclic amines) is 1. The molecule has 2 atom stereocenters. The van der Waals surface area contributed by atoms with Crippen LogP contribution in [0.25, 0.3) is 11.0 Å². The first-order chi connectivity index (χ1) is 19.4. The van der Waals surface area contributed by atoms with Gasteiger partial charge >= 0.3 is 6.03 Å². The molecule has 4 N–H and O–H groups in total. The number of nitrogens with two attached hydrogens (primary N) is 1. The Labute approximate surface area is 235 Å². The number of carbonyl (C=O) groups excluding carboxylic acids is 2. The van der Waals surface area contributed by atoms with E-state index >= 15 is 0 Å². The first-order valence-corrected chi connectivity index (χ1v) is 13.7. The van der Waals surface area contributed by atoms with E-state index in [4.69, 9.17) is 24.9 Å². The summed E-state index contributed by atoms with van der Waals surface area (Å²) in [6, 6.07) is 12.3. The van der Waals surface area contributed by atoms with Gasteiger partial charge in [-0.25, -0.2) is 9.78 Å². The molecule has 4 rings (SSSR count). The Morgan fingerprint density at radius 3 is 2.75 bits per heavy atom. The van der Waals surface area contributed by atoms with Crippen molar-refractivity contribution in [3.63, 3.8) is 0 Å². The number of hydrogen-bond donors (Lipinski definition) is 3. The first kappa shape index (κ1) is 29.2. The number of nitrogens with zero attached hydrogens (tertiary/aromatic N) is 3. The Hall–Kier alpha value is -3.83. The summed E-state index contributed by atoms with van der Waals surface area (Å²) in [5.74, 6) is 2.23. The molecule has 1 aliphatic heterocycles. The van der Waals surface area contributed by atoms with Crippen molar-refractivity contribution in [1.29, 1.82) is 0 Å². The number of hydrogen-bond acceptors (Lipinski definition) is 7. The number of nitrogens with one attached hydrogen (secondary N) is 2. The molecule has 0 aliphatic carbocycles. The standard InChI is InChI=1S/C29H40N6O5/c1-38-15-7-14-35-25-10-5-4-9-23(25)32-28(35)20-8-6-13-34(19-20)27(36)16-21(30)18-31-29(37)33-24-17-22(39-2)11-12-26(24)40-3/h4-5,9-12,17,20-21H,6-8,13-16,18-19,30H2,1-3H3,(H2,31,33,37). The zero-order valence-electron chi connectivity index (χ0n) is 23.5. The number of methoxy groups -OCH3 is 3. The van der Waals surface area contributed by atoms with E-state index in [1.807, 2.05) is 23.1 Å². The van der Waals surface area contributed by atoms with Crippen LogP contribution in [0.2, 0.25) is 0 Å². The highest BCUT2D eigenvalue weighted by atomic mass is 16.5. The number of urea groups is 1. The normalized spacial score (nSPS) is 16.0. The summed E-state index contributed by atoms with van der Waals surface area (Å²) in [4.78, 5) is 32.5. The third kappa shape index (κ3) is 7.22. The Morgan fingerprint density at radius 1 is 1.15 bits per heavy atom. The van der Waals surface area contributed by atoms with Gasteiger partial charge < -0.3 is 40.0 Å². The summed E-state index contributed by atoms with van der Waals surface area (Å²) in [6.45, 7) is 2.93. The van der Waals surface area contributed by atoms with Crippen LogP contribution in [0.15, 0.2) is 42.5 Å². The van der Waals surface area contributed by atoms with Gasteiger partial charge in [0.1, 0.15) is 17.3 Å². The van der Waals surface area contributed by atoms with Gasteiger partial charge in [0.25, 0.3) is 0 Å². The maximum atomic E-state index is 13.2. The summed E-state index contributed by atoms with van der Waals surface area (Å²) in [5.41, 5.74) is 8.79. The number of fused-ring (bicyclic) bond motifs is 1. The van der Waals surface area contributed by atoms with Crippen molar-refractivity contribution in [1.82, 2.24) is 19.8 Å². The average molecular weight is 553 g/mol. The molecule has 216 valence electrons. The zero-order chi connectivity index (χ0) is 28.5. The minimum absolute atomic E-state index is 0.0177. The van der Waals surface area contributed by atoms with Gasteiger partial charge in [-0.2, -0.15) is 0 Å². The topological polar surface area (TPSA) is 133 Å². The molecule has 1 fully saturated rings. The second-order valence-corrected chi connectivity index (χ2v) is 10.0. The molecule has 3 amide bonds. The van der Waals surface area contributed by atoms with Crippen LogP contribution in [0.1, 0.15) is 37.4 Å². The van der Waals surface area contributed by atoms with E-state index < -0.39 is 12.1 Å². The van der Waals surface area contributed by atoms with E-state index in [1.54, 1.807) is 32.4 Å². The quantitative estimate of drug-likeness (QED) is 0.294. The second-order valence-electron chi connectivity index (χ2n) is 10.0. The zero-order valence-corrected chi connectivity index (χ0v) is 23.5. The van der Waals surface area contributed by atoms with Crippen molar-refractivity contribution in [2.75, 3.05) is 52.9 Å². The Kier molecular flexibility index (Phi) is 10.2. The molecule has 1 saturated heterocycles. The lowest BCUT2D eigenvalue weighted by molar-refractivity contribution is -0.132. The highest BCUT2D eigenvalue weighted by Crippen LogP contribution is 2.30. The van der Waals surface area contributed by atoms with Crippen LogP contribution in [0.5, 0.6) is 11.5 Å². The number of piperidine rings is 1. The minimum atomic E-state index is -0.524. The highest BCUT2D eigenvalue weighted by molar-refractivity contribution is 5.91. The number of carbonyl (C=O) groups is 2. The van der Waals surface area contributed by atoms with Crippen LogP contribution in [-0.2, 0) is 16.1 Å². The molecule has 0 saturated carbocycles. The fourth-order valence-corrected chi connectivity index (χ4v) is 5.15. The number of benzene rings is 2. The van der Waals surface area contributed by atoms with Crippen molar-refractivity contribution in [2.24, 2.45) is 5.73 Å². The van der Waals surface area contributed by atoms with Gasteiger partial charge in [0, 0.05) is 64.3 Å². The van der Waals surface area contributed by atoms with Crippen LogP contribution in [-0.4, -0.2) is 80.0 Å². The van der Waals surface area contributed by atoms with E-state index in [9.17, 15) is 9.59 Å². The summed E-state index contributed by atoms with van der Waals surface area (Å²) < 4.78 is 18.1. The molecular weight excluding hydrogens is 512 g/mol. The maximum absolute atomic E-state index is 13.2. The van der Waals surface area contributed by atoms with E-state index in [1.165, 1.54) is 7.11 Å². The summed E-state index contributed by atoms with van der Waals surface area (Å²) in [7, 11) is 4.78. The molecular formula is C29H40N6O5. The molecule has 2 aromatic carbocycles. The van der Waals surface area contributed by atoms with Gasteiger partial charge in [0.2, 0.25) is 5.91 Å². The van der Waals surface area contributed by atoms with Gasteiger partial charge in [-0.1, -0.05) is 12.1 Å². The number of ether oxygens (including phenoxy) is 3. The largest absolute Gasteiger partial charge is 0.497 e. The number of anilines is 1. The van der Waals surface area contributed by atoms with Gasteiger partial charge in [0.05, 0.1) is 30.9 Å². The number of imidazole rings is 1. The lowest BCUT2D eigenvalue weighted by atomic mass is 9.96. The van der Waals surface area contributed by atoms with Gasteiger partial charge in [0.15, 0.2) is 0 Å². The van der Waals surface area contributed by atoms with E-state index in [0.29, 0.717) is 36.9 Å². The second kappa shape index (κ2) is 14.0. The van der Waals surface area contributed by atoms with E-state index in [0.717, 1.165) is 42.7 Å². The van der Waals surface area contributed by atoms with Crippen molar-refractivity contribution < 1.29 is 23.8 Å². The molecule has 0 bridgehead atoms. The minimum Gasteiger partial charge on any atom is -0.497 e. The van der Waals surface area contributed by atoms with Gasteiger partial charge in [-0.3, -0.25) is 4.79 Å². The average Bonchev–Trinajstić information content (AvgIpc) is 3.35. The molecule has 11 heteroatoms. The molecule has 2 unspecified atom stereocenters. The number of aryl methyl sites for hydroxylation is 1. The van der Waals surface area contributed by atoms with E-state index in [-0.39, 0.29) is 24.8 Å². The van der Waals surface area contributed by atoms with Crippen molar-refractivity contribution >= 4 is 28.7 Å². The Balaban J connectivity index is 1.32. The third-order valence-corrected chi connectivity index (χ3v) is 7.17. The van der Waals surface area contributed by atoms with Crippen molar-refractivity contribution in [2.45, 2.75) is 44.2 Å². The molecule has 1 aliphatic rings. The molecule has 1 aromatic heterocycles. The smallest absolute Gasteiger partial charge is 0.319 e. The highest BCUT2D eigenvalue weighted by Gasteiger charge is 2.29. The van der Waals surface area contributed by atoms with Crippen molar-refractivity contribution in [3.8, 4) is 11.5 Å². The van der Waals surface area contributed by atoms with Crippen LogP contribution in [0, 0.1) is 0 Å². The molecule has 0 radical (unpaired) electrons. The number of amides is 3. The van der Waals surface area contributed by atoms with Crippen LogP contribution in [0.4, 0.5) is 10.5 Å². The molecule has 40 heavy (non-hydrogen) atoms. The van der Waals surface area contributed by atoms with Crippen LogP contribution < -0.4 is 25.8 Å². The predicted octanol–water partition coefficient (Wildman–Crippen LogP) is 3.34. The molecule has 3 aromatic rings. The Bertz CT molecular complexity index is 1300. The van der Waals surface area contributed by atoms with Crippen molar-refractivity contribution in [3.05, 3.63) is 48.3 Å². The van der Waals surface area contributed by atoms with Gasteiger partial charge in [-0.05, 0) is 43.5 Å². The number of aromatic nitrogens is 2. The number of para-hydroxylation sites is 2. The van der Waals surface area contributed by atoms with Crippen LogP contribution in [0.3, 0.4) is 0 Å². The molecule has 11 nitrogen and oxygen atoms in total. The SMILES string of the molecule is COCCCn1c(C2CCCN(C(=O)CC(N)CNC(=O)Nc3cc(OC)ccc3OC)C2)nc2ccccc21. The fraction of sp³-hybridized carbons (Fsp3) is 0.483. The number of rotatable bonds is 12. The fourth-order valence-electron chi connectivity index (χ4n) is 5.15. The Morgan fingerprint density at radius 2 is 1.98 bits per heavy atom. The first-order valence-electron chi connectivity index (χ1n) is 13.7. The predicted molar refractivity (Wildman–Crippen MR) is 154 cm³/mol. The monoisotopic (exact) mass is 552 g/mol. The molecule has 2 heterocycles.